The number of methoxy groups -OCH3 is 2. The number of guanidine groups is 1. The first kappa shape index (κ1) is 21.4. The lowest BCUT2D eigenvalue weighted by molar-refractivity contribution is 0.0130. The molecule has 1 aromatic carbocycles. The normalized spacial score (nSPS) is 16.7. The van der Waals surface area contributed by atoms with Crippen LogP contribution in [0.5, 0.6) is 11.5 Å². The number of aliphatic hydroxyl groups is 1. The van der Waals surface area contributed by atoms with E-state index in [1.54, 1.807) is 14.2 Å². The van der Waals surface area contributed by atoms with Crippen LogP contribution < -0.4 is 14.8 Å². The molecule has 2 rings (SSSR count). The monoisotopic (exact) mass is 377 g/mol. The minimum atomic E-state index is -0.654. The predicted octanol–water partition coefficient (Wildman–Crippen LogP) is 3.10. The van der Waals surface area contributed by atoms with Gasteiger partial charge in [-0.2, -0.15) is 0 Å². The van der Waals surface area contributed by atoms with E-state index >= 15 is 0 Å². The smallest absolute Gasteiger partial charge is 0.194 e. The van der Waals surface area contributed by atoms with Crippen LogP contribution in [0.15, 0.2) is 17.1 Å². The largest absolute Gasteiger partial charge is 0.493 e. The van der Waals surface area contributed by atoms with Gasteiger partial charge in [-0.25, -0.2) is 0 Å². The number of hydrogen-bond acceptors (Lipinski definition) is 4. The summed E-state index contributed by atoms with van der Waals surface area (Å²) in [5.41, 5.74) is 1.64. The van der Waals surface area contributed by atoms with Crippen molar-refractivity contribution in [3.05, 3.63) is 23.3 Å². The molecule has 1 saturated carbocycles. The Kier molecular flexibility index (Phi) is 7.78. The fraction of sp³-hybridized carbons (Fsp3) is 0.667. The summed E-state index contributed by atoms with van der Waals surface area (Å²) in [6.07, 6.45) is 5.07. The summed E-state index contributed by atoms with van der Waals surface area (Å²) in [5, 5.41) is 14.1. The quantitative estimate of drug-likeness (QED) is 0.565. The summed E-state index contributed by atoms with van der Waals surface area (Å²) < 4.78 is 10.8. The van der Waals surface area contributed by atoms with Crippen molar-refractivity contribution in [3.63, 3.8) is 0 Å². The second-order valence-electron chi connectivity index (χ2n) is 7.44. The Labute approximate surface area is 163 Å². The predicted molar refractivity (Wildman–Crippen MR) is 110 cm³/mol. The van der Waals surface area contributed by atoms with E-state index in [0.29, 0.717) is 13.1 Å². The Hall–Kier alpha value is -1.95. The number of nitrogens with zero attached hydrogens (tertiary/aromatic N) is 2. The minimum absolute atomic E-state index is 0.449. The highest BCUT2D eigenvalue weighted by Gasteiger charge is 2.29. The van der Waals surface area contributed by atoms with Crippen LogP contribution in [0, 0.1) is 6.92 Å². The highest BCUT2D eigenvalue weighted by Crippen LogP contribution is 2.31. The lowest BCUT2D eigenvalue weighted by atomic mass is 9.85. The van der Waals surface area contributed by atoms with E-state index < -0.39 is 5.60 Å². The number of aryl methyl sites for hydroxylation is 1. The molecule has 0 bridgehead atoms. The molecule has 1 fully saturated rings. The van der Waals surface area contributed by atoms with Gasteiger partial charge in [0, 0.05) is 20.1 Å². The third kappa shape index (κ3) is 5.76. The molecule has 0 aliphatic heterocycles. The summed E-state index contributed by atoms with van der Waals surface area (Å²) in [6, 6.07) is 4.01. The van der Waals surface area contributed by atoms with Gasteiger partial charge in [0.15, 0.2) is 17.5 Å². The zero-order chi connectivity index (χ0) is 19.9. The van der Waals surface area contributed by atoms with Crippen molar-refractivity contribution in [2.45, 2.75) is 58.1 Å². The molecule has 6 heteroatoms. The zero-order valence-corrected chi connectivity index (χ0v) is 17.5. The maximum Gasteiger partial charge on any atom is 0.194 e. The van der Waals surface area contributed by atoms with E-state index in [4.69, 9.17) is 14.5 Å². The van der Waals surface area contributed by atoms with E-state index in [1.807, 2.05) is 19.2 Å². The van der Waals surface area contributed by atoms with Crippen molar-refractivity contribution >= 4 is 5.96 Å². The van der Waals surface area contributed by atoms with E-state index in [0.717, 1.165) is 60.8 Å². The van der Waals surface area contributed by atoms with Gasteiger partial charge in [-0.3, -0.25) is 4.99 Å². The van der Waals surface area contributed by atoms with E-state index in [2.05, 4.69) is 24.1 Å². The third-order valence-corrected chi connectivity index (χ3v) is 5.25. The van der Waals surface area contributed by atoms with Crippen molar-refractivity contribution in [2.24, 2.45) is 4.99 Å². The summed E-state index contributed by atoms with van der Waals surface area (Å²) in [6.45, 7) is 6.05. The van der Waals surface area contributed by atoms with Crippen LogP contribution in [-0.2, 0) is 6.54 Å². The first-order chi connectivity index (χ1) is 12.9. The molecule has 27 heavy (non-hydrogen) atoms. The molecule has 152 valence electrons. The fourth-order valence-corrected chi connectivity index (χ4v) is 3.58. The lowest BCUT2D eigenvalue weighted by Crippen LogP contribution is -2.41. The van der Waals surface area contributed by atoms with Crippen molar-refractivity contribution in [2.75, 3.05) is 34.4 Å². The Morgan fingerprint density at radius 3 is 2.41 bits per heavy atom. The average molecular weight is 378 g/mol. The second kappa shape index (κ2) is 9.83. The molecule has 0 spiro atoms. The third-order valence-electron chi connectivity index (χ3n) is 5.25. The van der Waals surface area contributed by atoms with Crippen molar-refractivity contribution in [3.8, 4) is 11.5 Å². The van der Waals surface area contributed by atoms with Gasteiger partial charge in [-0.15, -0.1) is 0 Å². The molecule has 1 aliphatic rings. The molecule has 1 aliphatic carbocycles. The highest BCUT2D eigenvalue weighted by molar-refractivity contribution is 5.79. The summed E-state index contributed by atoms with van der Waals surface area (Å²) >= 11 is 0. The van der Waals surface area contributed by atoms with Gasteiger partial charge in [0.2, 0.25) is 0 Å². The Balaban J connectivity index is 2.14. The van der Waals surface area contributed by atoms with Gasteiger partial charge >= 0.3 is 0 Å². The van der Waals surface area contributed by atoms with Crippen LogP contribution in [0.4, 0.5) is 0 Å². The van der Waals surface area contributed by atoms with Crippen molar-refractivity contribution < 1.29 is 14.6 Å². The topological polar surface area (TPSA) is 66.3 Å². The van der Waals surface area contributed by atoms with Crippen molar-refractivity contribution in [1.82, 2.24) is 10.2 Å². The van der Waals surface area contributed by atoms with Crippen LogP contribution in [0.2, 0.25) is 0 Å². The number of ether oxygens (including phenoxy) is 2. The van der Waals surface area contributed by atoms with Gasteiger partial charge in [-0.05, 0) is 49.9 Å². The van der Waals surface area contributed by atoms with Gasteiger partial charge < -0.3 is 24.8 Å². The number of benzene rings is 1. The minimum Gasteiger partial charge on any atom is -0.493 e. The van der Waals surface area contributed by atoms with Gasteiger partial charge in [-0.1, -0.05) is 19.3 Å². The summed E-state index contributed by atoms with van der Waals surface area (Å²) in [5.74, 6) is 2.28. The Morgan fingerprint density at radius 1 is 1.19 bits per heavy atom. The number of nitrogens with one attached hydrogen (secondary N) is 1. The molecule has 2 N–H and O–H groups in total. The fourth-order valence-electron chi connectivity index (χ4n) is 3.58. The van der Waals surface area contributed by atoms with E-state index in [1.165, 1.54) is 6.42 Å². The zero-order valence-electron chi connectivity index (χ0n) is 17.5. The molecule has 0 atom stereocenters. The van der Waals surface area contributed by atoms with E-state index in [-0.39, 0.29) is 0 Å². The molecule has 6 nitrogen and oxygen atoms in total. The molecule has 0 heterocycles. The van der Waals surface area contributed by atoms with Crippen LogP contribution in [0.3, 0.4) is 0 Å². The van der Waals surface area contributed by atoms with Crippen LogP contribution >= 0.6 is 0 Å². The maximum atomic E-state index is 10.7. The van der Waals surface area contributed by atoms with Gasteiger partial charge in [0.05, 0.1) is 26.4 Å². The molecular weight excluding hydrogens is 342 g/mol. The Bertz CT molecular complexity index is 640. The molecule has 0 aromatic heterocycles. The molecule has 0 saturated heterocycles. The second-order valence-corrected chi connectivity index (χ2v) is 7.44. The number of hydrogen-bond donors (Lipinski definition) is 2. The van der Waals surface area contributed by atoms with Crippen LogP contribution in [-0.4, -0.2) is 55.9 Å². The average Bonchev–Trinajstić information content (AvgIpc) is 2.66. The summed E-state index contributed by atoms with van der Waals surface area (Å²) in [7, 11) is 5.31. The number of aliphatic imine (C=N–C) groups is 1. The highest BCUT2D eigenvalue weighted by atomic mass is 16.5. The van der Waals surface area contributed by atoms with Crippen LogP contribution in [0.1, 0.15) is 50.2 Å². The number of rotatable bonds is 7. The SMILES string of the molecule is CCNC(=NCC1(O)CCCCC1)N(C)Cc1cc(OC)c(OC)cc1C. The lowest BCUT2D eigenvalue weighted by Gasteiger charge is -2.31. The molecule has 0 amide bonds. The maximum absolute atomic E-state index is 10.7. The Morgan fingerprint density at radius 2 is 1.81 bits per heavy atom. The van der Waals surface area contributed by atoms with Gasteiger partial charge in [0.1, 0.15) is 0 Å². The van der Waals surface area contributed by atoms with Crippen molar-refractivity contribution in [1.29, 1.82) is 0 Å². The first-order valence-corrected chi connectivity index (χ1v) is 9.85. The van der Waals surface area contributed by atoms with E-state index in [9.17, 15) is 5.11 Å². The molecular formula is C21H35N3O3. The summed E-state index contributed by atoms with van der Waals surface area (Å²) in [4.78, 5) is 6.82. The standard InChI is InChI=1S/C21H35N3O3/c1-6-22-20(23-15-21(25)10-8-7-9-11-21)24(3)14-17-13-19(27-5)18(26-4)12-16(17)2/h12-13,25H,6-11,14-15H2,1-5H3,(H,22,23). The van der Waals surface area contributed by atoms with Gasteiger partial charge in [0.25, 0.3) is 0 Å². The molecule has 1 aromatic rings. The molecule has 0 radical (unpaired) electrons. The van der Waals surface area contributed by atoms with Crippen LogP contribution in [0.25, 0.3) is 0 Å². The molecule has 0 unspecified atom stereocenters. The first-order valence-electron chi connectivity index (χ1n) is 9.85.